The van der Waals surface area contributed by atoms with Crippen molar-refractivity contribution in [2.24, 2.45) is 5.92 Å². The molecular weight excluding hydrogens is 378 g/mol. The topological polar surface area (TPSA) is 103 Å². The lowest BCUT2D eigenvalue weighted by atomic mass is 9.93. The first kappa shape index (κ1) is 24.9. The number of hydrogen-bond donors (Lipinski definition) is 1. The molecule has 9 nitrogen and oxygen atoms in total. The van der Waals surface area contributed by atoms with Crippen molar-refractivity contribution in [2.45, 2.75) is 39.0 Å². The Labute approximate surface area is 173 Å². The molecule has 0 saturated heterocycles. The van der Waals surface area contributed by atoms with Crippen molar-refractivity contribution < 1.29 is 28.3 Å². The van der Waals surface area contributed by atoms with Crippen LogP contribution >= 0.6 is 0 Å². The molecule has 1 aromatic rings. The number of nitrogens with one attached hydrogen (secondary N) is 1. The molecule has 0 aliphatic heterocycles. The lowest BCUT2D eigenvalue weighted by Crippen LogP contribution is -2.28. The van der Waals surface area contributed by atoms with E-state index in [4.69, 9.17) is 18.7 Å². The second-order valence-corrected chi connectivity index (χ2v) is 7.27. The van der Waals surface area contributed by atoms with E-state index in [-0.39, 0.29) is 17.8 Å². The third-order valence-corrected chi connectivity index (χ3v) is 4.31. The Hall–Kier alpha value is -2.13. The van der Waals surface area contributed by atoms with Gasteiger partial charge < -0.3 is 29.0 Å². The van der Waals surface area contributed by atoms with Crippen molar-refractivity contribution in [3.05, 3.63) is 11.8 Å². The van der Waals surface area contributed by atoms with Crippen LogP contribution in [0.1, 0.15) is 44.8 Å². The minimum atomic E-state index is -0.493. The van der Waals surface area contributed by atoms with Gasteiger partial charge in [0.15, 0.2) is 5.76 Å². The fourth-order valence-corrected chi connectivity index (χ4v) is 2.60. The van der Waals surface area contributed by atoms with E-state index in [1.807, 2.05) is 13.8 Å². The van der Waals surface area contributed by atoms with Crippen LogP contribution in [0.3, 0.4) is 0 Å². The number of rotatable bonds is 15. The molecule has 1 rings (SSSR count). The number of unbranched alkanes of at least 4 members (excludes halogenated alkanes) is 1. The molecule has 1 N–H and O–H groups in total. The molecule has 0 fully saturated rings. The normalized spacial score (nSPS) is 12.1. The van der Waals surface area contributed by atoms with Gasteiger partial charge in [0.05, 0.1) is 20.3 Å². The highest BCUT2D eigenvalue weighted by molar-refractivity contribution is 5.77. The maximum absolute atomic E-state index is 11.9. The van der Waals surface area contributed by atoms with E-state index in [0.29, 0.717) is 44.4 Å². The van der Waals surface area contributed by atoms with Gasteiger partial charge in [-0.2, -0.15) is 0 Å². The maximum Gasteiger partial charge on any atom is 0.316 e. The average molecular weight is 414 g/mol. The van der Waals surface area contributed by atoms with Crippen LogP contribution in [0.25, 0.3) is 0 Å². The third-order valence-electron chi connectivity index (χ3n) is 4.31. The molecule has 1 heterocycles. The lowest BCUT2D eigenvalue weighted by molar-refractivity contribution is -0.144. The first-order valence-electron chi connectivity index (χ1n) is 10.0. The number of esters is 1. The van der Waals surface area contributed by atoms with Gasteiger partial charge in [0.25, 0.3) is 5.88 Å². The summed E-state index contributed by atoms with van der Waals surface area (Å²) in [6.07, 6.45) is 2.17. The van der Waals surface area contributed by atoms with E-state index in [1.165, 1.54) is 7.11 Å². The standard InChI is InChI=1S/C20H35N3O6/c1-15(2)19(20(25)26-5)16-14-17(22-29-16)28-12-7-6-11-27-13-10-21-9-8-18(24)23(3)4/h14-15,19,21H,6-13H2,1-5H3. The molecule has 1 unspecified atom stereocenters. The Morgan fingerprint density at radius 3 is 2.55 bits per heavy atom. The van der Waals surface area contributed by atoms with Crippen LogP contribution < -0.4 is 10.1 Å². The number of carbonyl (C=O) groups excluding carboxylic acids is 2. The molecule has 1 atom stereocenters. The number of carbonyl (C=O) groups is 2. The second kappa shape index (κ2) is 13.9. The first-order chi connectivity index (χ1) is 13.9. The molecule has 166 valence electrons. The number of nitrogens with zero attached hydrogens (tertiary/aromatic N) is 2. The Bertz CT molecular complexity index is 603. The van der Waals surface area contributed by atoms with E-state index in [9.17, 15) is 9.59 Å². The largest absolute Gasteiger partial charge is 0.476 e. The van der Waals surface area contributed by atoms with Gasteiger partial charge in [-0.1, -0.05) is 13.8 Å². The zero-order valence-corrected chi connectivity index (χ0v) is 18.2. The zero-order valence-electron chi connectivity index (χ0n) is 18.2. The van der Waals surface area contributed by atoms with Crippen molar-refractivity contribution in [2.75, 3.05) is 54.1 Å². The molecule has 1 amide bonds. The highest BCUT2D eigenvalue weighted by Gasteiger charge is 2.29. The van der Waals surface area contributed by atoms with Gasteiger partial charge in [0.1, 0.15) is 5.92 Å². The lowest BCUT2D eigenvalue weighted by Gasteiger charge is -2.14. The quantitative estimate of drug-likeness (QED) is 0.343. The number of hydrogen-bond acceptors (Lipinski definition) is 8. The maximum atomic E-state index is 11.9. The van der Waals surface area contributed by atoms with Crippen LogP contribution in [0.4, 0.5) is 0 Å². The van der Waals surface area contributed by atoms with E-state index in [0.717, 1.165) is 19.4 Å². The van der Waals surface area contributed by atoms with Gasteiger partial charge in [-0.15, -0.1) is 0 Å². The van der Waals surface area contributed by atoms with Crippen molar-refractivity contribution in [3.8, 4) is 5.88 Å². The minimum Gasteiger partial charge on any atom is -0.476 e. The summed E-state index contributed by atoms with van der Waals surface area (Å²) in [6, 6.07) is 1.64. The SMILES string of the molecule is COC(=O)C(c1cc(OCCCCOCCNCCC(=O)N(C)C)no1)C(C)C. The predicted molar refractivity (Wildman–Crippen MR) is 108 cm³/mol. The van der Waals surface area contributed by atoms with E-state index < -0.39 is 5.92 Å². The summed E-state index contributed by atoms with van der Waals surface area (Å²) in [5.41, 5.74) is 0. The van der Waals surface area contributed by atoms with Gasteiger partial charge in [0.2, 0.25) is 5.91 Å². The Morgan fingerprint density at radius 2 is 1.90 bits per heavy atom. The van der Waals surface area contributed by atoms with Crippen LogP contribution in [0.15, 0.2) is 10.6 Å². The molecule has 29 heavy (non-hydrogen) atoms. The van der Waals surface area contributed by atoms with Gasteiger partial charge in [-0.05, 0) is 23.9 Å². The molecule has 9 heteroatoms. The number of ether oxygens (including phenoxy) is 3. The van der Waals surface area contributed by atoms with Gasteiger partial charge in [-0.3, -0.25) is 9.59 Å². The van der Waals surface area contributed by atoms with E-state index in [2.05, 4.69) is 10.5 Å². The molecule has 0 aromatic carbocycles. The Balaban J connectivity index is 2.09. The number of amides is 1. The van der Waals surface area contributed by atoms with E-state index >= 15 is 0 Å². The van der Waals surface area contributed by atoms with Crippen LogP contribution in [-0.2, 0) is 19.1 Å². The molecule has 1 aromatic heterocycles. The van der Waals surface area contributed by atoms with Crippen LogP contribution in [0.5, 0.6) is 5.88 Å². The minimum absolute atomic E-state index is 0.0309. The number of aromatic nitrogens is 1. The Kier molecular flexibility index (Phi) is 12.0. The predicted octanol–water partition coefficient (Wildman–Crippen LogP) is 1.83. The van der Waals surface area contributed by atoms with Crippen LogP contribution in [0.2, 0.25) is 0 Å². The van der Waals surface area contributed by atoms with Crippen molar-refractivity contribution in [1.29, 1.82) is 0 Å². The molecule has 0 bridgehead atoms. The van der Waals surface area contributed by atoms with Crippen molar-refractivity contribution >= 4 is 11.9 Å². The summed E-state index contributed by atoms with van der Waals surface area (Å²) in [4.78, 5) is 24.9. The van der Waals surface area contributed by atoms with E-state index in [1.54, 1.807) is 25.1 Å². The third kappa shape index (κ3) is 9.76. The summed E-state index contributed by atoms with van der Waals surface area (Å²) in [6.45, 7) is 6.95. The average Bonchev–Trinajstić information content (AvgIpc) is 3.13. The smallest absolute Gasteiger partial charge is 0.316 e. The molecule has 0 spiro atoms. The fourth-order valence-electron chi connectivity index (χ4n) is 2.60. The highest BCUT2D eigenvalue weighted by Crippen LogP contribution is 2.28. The summed E-state index contributed by atoms with van der Waals surface area (Å²) in [7, 11) is 4.86. The highest BCUT2D eigenvalue weighted by atomic mass is 16.5. The summed E-state index contributed by atoms with van der Waals surface area (Å²) in [5.74, 6) is 0.120. The van der Waals surface area contributed by atoms with Crippen molar-refractivity contribution in [1.82, 2.24) is 15.4 Å². The molecule has 0 aliphatic rings. The zero-order chi connectivity index (χ0) is 21.6. The van der Waals surface area contributed by atoms with Crippen LogP contribution in [-0.4, -0.2) is 76.0 Å². The molecule has 0 saturated carbocycles. The summed E-state index contributed by atoms with van der Waals surface area (Å²) in [5, 5.41) is 7.04. The second-order valence-electron chi connectivity index (χ2n) is 7.27. The van der Waals surface area contributed by atoms with Crippen LogP contribution in [0, 0.1) is 5.92 Å². The monoisotopic (exact) mass is 413 g/mol. The van der Waals surface area contributed by atoms with Gasteiger partial charge in [0, 0.05) is 46.3 Å². The summed E-state index contributed by atoms with van der Waals surface area (Å²) >= 11 is 0. The van der Waals surface area contributed by atoms with Gasteiger partial charge >= 0.3 is 5.97 Å². The van der Waals surface area contributed by atoms with Gasteiger partial charge in [-0.25, -0.2) is 0 Å². The fraction of sp³-hybridized carbons (Fsp3) is 0.750. The number of methoxy groups -OCH3 is 1. The summed E-state index contributed by atoms with van der Waals surface area (Å²) < 4.78 is 21.2. The van der Waals surface area contributed by atoms with Crippen molar-refractivity contribution in [3.63, 3.8) is 0 Å². The Morgan fingerprint density at radius 1 is 1.17 bits per heavy atom. The molecule has 0 radical (unpaired) electrons. The molecular formula is C20H35N3O6. The molecule has 0 aliphatic carbocycles. The first-order valence-corrected chi connectivity index (χ1v) is 10.0.